The van der Waals surface area contributed by atoms with Gasteiger partial charge in [-0.2, -0.15) is 0 Å². The van der Waals surface area contributed by atoms with Crippen molar-refractivity contribution >= 4 is 23.8 Å². The first-order valence-electron chi connectivity index (χ1n) is 10.2. The molecule has 29 heavy (non-hydrogen) atoms. The Morgan fingerprint density at radius 2 is 1.93 bits per heavy atom. The minimum atomic E-state index is -0.568. The van der Waals surface area contributed by atoms with E-state index in [0.29, 0.717) is 0 Å². The SMILES string of the molecule is CC(C)(C)OC(=O)N1CCCCC12CCN(c1ccccc1/C=C/C(=O)NO)C2. The first-order chi connectivity index (χ1) is 13.7. The second-order valence-corrected chi connectivity index (χ2v) is 8.85. The molecule has 7 heteroatoms. The summed E-state index contributed by atoms with van der Waals surface area (Å²) in [6.07, 6.45) is 6.72. The molecule has 1 spiro atoms. The summed E-state index contributed by atoms with van der Waals surface area (Å²) in [7, 11) is 0. The molecule has 0 aliphatic carbocycles. The molecule has 2 aliphatic rings. The summed E-state index contributed by atoms with van der Waals surface area (Å²) in [5.41, 5.74) is 2.78. The molecule has 1 aromatic rings. The fourth-order valence-electron chi connectivity index (χ4n) is 4.30. The molecule has 0 aromatic heterocycles. The topological polar surface area (TPSA) is 82.1 Å². The van der Waals surface area contributed by atoms with Crippen molar-refractivity contribution in [3.63, 3.8) is 0 Å². The number of carbonyl (C=O) groups excluding carboxylic acids is 2. The predicted molar refractivity (Wildman–Crippen MR) is 112 cm³/mol. The fourth-order valence-corrected chi connectivity index (χ4v) is 4.30. The van der Waals surface area contributed by atoms with E-state index in [1.54, 1.807) is 11.6 Å². The molecule has 1 atom stereocenters. The molecule has 2 saturated heterocycles. The fraction of sp³-hybridized carbons (Fsp3) is 0.545. The number of nitrogens with zero attached hydrogens (tertiary/aromatic N) is 2. The zero-order chi connectivity index (χ0) is 21.1. The Balaban J connectivity index is 1.82. The molecule has 0 bridgehead atoms. The van der Waals surface area contributed by atoms with Gasteiger partial charge in [0.2, 0.25) is 0 Å². The van der Waals surface area contributed by atoms with E-state index in [1.165, 1.54) is 6.08 Å². The van der Waals surface area contributed by atoms with Gasteiger partial charge in [0.15, 0.2) is 0 Å². The number of nitrogens with one attached hydrogen (secondary N) is 1. The van der Waals surface area contributed by atoms with Crippen LogP contribution in [0.25, 0.3) is 6.08 Å². The van der Waals surface area contributed by atoms with Gasteiger partial charge in [0.1, 0.15) is 5.60 Å². The van der Waals surface area contributed by atoms with Gasteiger partial charge in [0.25, 0.3) is 5.91 Å². The smallest absolute Gasteiger partial charge is 0.410 e. The van der Waals surface area contributed by atoms with Gasteiger partial charge in [0.05, 0.1) is 5.54 Å². The Morgan fingerprint density at radius 3 is 2.66 bits per heavy atom. The van der Waals surface area contributed by atoms with Crippen molar-refractivity contribution in [3.05, 3.63) is 35.9 Å². The van der Waals surface area contributed by atoms with Gasteiger partial charge < -0.3 is 14.5 Å². The Hall–Kier alpha value is -2.54. The summed E-state index contributed by atoms with van der Waals surface area (Å²) < 4.78 is 5.70. The predicted octanol–water partition coefficient (Wildman–Crippen LogP) is 3.58. The van der Waals surface area contributed by atoms with E-state index in [-0.39, 0.29) is 11.6 Å². The van der Waals surface area contributed by atoms with E-state index < -0.39 is 11.5 Å². The summed E-state index contributed by atoms with van der Waals surface area (Å²) in [6, 6.07) is 7.85. The van der Waals surface area contributed by atoms with Crippen LogP contribution in [0, 0.1) is 0 Å². The van der Waals surface area contributed by atoms with Crippen LogP contribution in [-0.4, -0.2) is 52.9 Å². The molecule has 7 nitrogen and oxygen atoms in total. The zero-order valence-electron chi connectivity index (χ0n) is 17.5. The number of amides is 2. The molecule has 1 aromatic carbocycles. The van der Waals surface area contributed by atoms with E-state index >= 15 is 0 Å². The molecule has 2 amide bonds. The van der Waals surface area contributed by atoms with Crippen LogP contribution in [0.1, 0.15) is 52.0 Å². The number of hydroxylamine groups is 1. The molecule has 2 fully saturated rings. The van der Waals surface area contributed by atoms with Crippen LogP contribution in [0.5, 0.6) is 0 Å². The highest BCUT2D eigenvalue weighted by atomic mass is 16.6. The monoisotopic (exact) mass is 401 g/mol. The lowest BCUT2D eigenvalue weighted by atomic mass is 9.86. The molecule has 1 unspecified atom stereocenters. The van der Waals surface area contributed by atoms with Gasteiger partial charge in [-0.3, -0.25) is 10.0 Å². The number of ether oxygens (including phenoxy) is 1. The first kappa shape index (κ1) is 21.2. The number of carbonyl (C=O) groups is 2. The molecule has 3 rings (SSSR count). The number of rotatable bonds is 3. The van der Waals surface area contributed by atoms with Crippen molar-refractivity contribution in [2.75, 3.05) is 24.5 Å². The minimum absolute atomic E-state index is 0.222. The number of hydrogen-bond donors (Lipinski definition) is 2. The van der Waals surface area contributed by atoms with Crippen LogP contribution in [0.2, 0.25) is 0 Å². The van der Waals surface area contributed by atoms with Gasteiger partial charge in [-0.15, -0.1) is 0 Å². The number of hydrogen-bond acceptors (Lipinski definition) is 5. The maximum atomic E-state index is 12.9. The highest BCUT2D eigenvalue weighted by molar-refractivity contribution is 5.91. The first-order valence-corrected chi connectivity index (χ1v) is 10.2. The zero-order valence-corrected chi connectivity index (χ0v) is 17.5. The average Bonchev–Trinajstić information content (AvgIpc) is 3.09. The van der Waals surface area contributed by atoms with Crippen LogP contribution in [0.4, 0.5) is 10.5 Å². The second-order valence-electron chi connectivity index (χ2n) is 8.85. The van der Waals surface area contributed by atoms with Crippen molar-refractivity contribution in [2.24, 2.45) is 0 Å². The third-order valence-electron chi connectivity index (χ3n) is 5.59. The van der Waals surface area contributed by atoms with Crippen LogP contribution in [-0.2, 0) is 9.53 Å². The standard InChI is InChI=1S/C22H31N3O4/c1-21(2,3)29-20(27)25-14-7-6-12-22(25)13-15-24(16-22)18-9-5-4-8-17(18)10-11-19(26)23-28/h4-5,8-11,28H,6-7,12-16H2,1-3H3,(H,23,26)/b11-10+. The molecular formula is C22H31N3O4. The van der Waals surface area contributed by atoms with E-state index in [0.717, 1.165) is 56.6 Å². The van der Waals surface area contributed by atoms with Gasteiger partial charge in [-0.25, -0.2) is 10.3 Å². The van der Waals surface area contributed by atoms with E-state index in [9.17, 15) is 9.59 Å². The number of benzene rings is 1. The molecule has 2 heterocycles. The Morgan fingerprint density at radius 1 is 1.17 bits per heavy atom. The third kappa shape index (κ3) is 4.90. The quantitative estimate of drug-likeness (QED) is 0.460. The Labute approximate surface area is 172 Å². The van der Waals surface area contributed by atoms with Crippen molar-refractivity contribution in [3.8, 4) is 0 Å². The number of anilines is 1. The highest BCUT2D eigenvalue weighted by Crippen LogP contribution is 2.40. The molecule has 0 saturated carbocycles. The van der Waals surface area contributed by atoms with Crippen LogP contribution in [0.15, 0.2) is 30.3 Å². The maximum Gasteiger partial charge on any atom is 0.410 e. The van der Waals surface area contributed by atoms with Gasteiger partial charge in [-0.1, -0.05) is 18.2 Å². The van der Waals surface area contributed by atoms with Gasteiger partial charge >= 0.3 is 6.09 Å². The van der Waals surface area contributed by atoms with Crippen molar-refractivity contribution in [1.29, 1.82) is 0 Å². The number of likely N-dealkylation sites (tertiary alicyclic amines) is 1. The average molecular weight is 402 g/mol. The van der Waals surface area contributed by atoms with Crippen molar-refractivity contribution in [1.82, 2.24) is 10.4 Å². The van der Waals surface area contributed by atoms with Gasteiger partial charge in [-0.05, 0) is 64.2 Å². The lowest BCUT2D eigenvalue weighted by molar-refractivity contribution is -0.124. The second kappa shape index (κ2) is 8.45. The molecule has 2 N–H and O–H groups in total. The van der Waals surface area contributed by atoms with Crippen LogP contribution >= 0.6 is 0 Å². The van der Waals surface area contributed by atoms with Gasteiger partial charge in [0, 0.05) is 31.4 Å². The van der Waals surface area contributed by atoms with E-state index in [4.69, 9.17) is 9.94 Å². The highest BCUT2D eigenvalue weighted by Gasteiger charge is 2.47. The molecule has 158 valence electrons. The minimum Gasteiger partial charge on any atom is -0.444 e. The van der Waals surface area contributed by atoms with E-state index in [1.807, 2.05) is 49.9 Å². The van der Waals surface area contributed by atoms with Crippen molar-refractivity contribution < 1.29 is 19.5 Å². The largest absolute Gasteiger partial charge is 0.444 e. The molecule has 0 radical (unpaired) electrons. The van der Waals surface area contributed by atoms with E-state index in [2.05, 4.69) is 4.90 Å². The van der Waals surface area contributed by atoms with Crippen LogP contribution < -0.4 is 10.4 Å². The van der Waals surface area contributed by atoms with Crippen molar-refractivity contribution in [2.45, 2.75) is 57.6 Å². The summed E-state index contributed by atoms with van der Waals surface area (Å²) >= 11 is 0. The summed E-state index contributed by atoms with van der Waals surface area (Å²) in [5, 5.41) is 8.71. The Kier molecular flexibility index (Phi) is 6.17. The van der Waals surface area contributed by atoms with Crippen LogP contribution in [0.3, 0.4) is 0 Å². The third-order valence-corrected chi connectivity index (χ3v) is 5.59. The maximum absolute atomic E-state index is 12.9. The normalized spacial score (nSPS) is 22.3. The summed E-state index contributed by atoms with van der Waals surface area (Å²) in [4.78, 5) is 28.5. The molecular weight excluding hydrogens is 370 g/mol. The lowest BCUT2D eigenvalue weighted by Crippen LogP contribution is -2.57. The Bertz CT molecular complexity index is 787. The number of para-hydroxylation sites is 1. The number of piperidine rings is 1. The lowest BCUT2D eigenvalue weighted by Gasteiger charge is -2.45. The summed E-state index contributed by atoms with van der Waals surface area (Å²) in [6.45, 7) is 7.98. The molecule has 2 aliphatic heterocycles. The summed E-state index contributed by atoms with van der Waals surface area (Å²) in [5.74, 6) is -0.568.